The Morgan fingerprint density at radius 3 is 2.76 bits per heavy atom. The number of hydrogen-bond donors (Lipinski definition) is 1. The lowest BCUT2D eigenvalue weighted by Crippen LogP contribution is -2.51. The predicted octanol–water partition coefficient (Wildman–Crippen LogP) is 3.01. The maximum Gasteiger partial charge on any atom is 0.310 e. The summed E-state index contributed by atoms with van der Waals surface area (Å²) >= 11 is 0. The molecule has 4 aliphatic rings. The van der Waals surface area contributed by atoms with Gasteiger partial charge in [0.25, 0.3) is 0 Å². The van der Waals surface area contributed by atoms with Crippen molar-refractivity contribution in [2.75, 3.05) is 26.3 Å². The smallest absolute Gasteiger partial charge is 0.310 e. The molecule has 2 saturated heterocycles. The lowest BCUT2D eigenvalue weighted by atomic mass is 9.53. The third-order valence-electron chi connectivity index (χ3n) is 8.20. The van der Waals surface area contributed by atoms with Crippen LogP contribution < -0.4 is 0 Å². The highest BCUT2D eigenvalue weighted by Crippen LogP contribution is 2.62. The Morgan fingerprint density at radius 1 is 1.24 bits per heavy atom. The molecular weight excluding hydrogens is 366 g/mol. The highest BCUT2D eigenvalue weighted by molar-refractivity contribution is 5.75. The van der Waals surface area contributed by atoms with E-state index in [0.717, 1.165) is 26.0 Å². The average Bonchev–Trinajstić information content (AvgIpc) is 3.40. The molecule has 2 heterocycles. The number of carbonyl (C=O) groups excluding carboxylic acids is 1. The van der Waals surface area contributed by atoms with Crippen LogP contribution in [-0.4, -0.2) is 54.0 Å². The maximum atomic E-state index is 12.9. The SMILES string of the molecule is C[C@]12CCC[C@]3(CO3)[C@H]1C[C@@H]1[C@H](CN(CCO)Cc3ccccc3)C(=O)O[C@@H]1C2. The molecule has 1 aromatic rings. The zero-order chi connectivity index (χ0) is 20.1. The number of aliphatic hydroxyl groups excluding tert-OH is 1. The summed E-state index contributed by atoms with van der Waals surface area (Å²) in [6.45, 7) is 5.37. The summed E-state index contributed by atoms with van der Waals surface area (Å²) in [5.41, 5.74) is 1.53. The Labute approximate surface area is 173 Å². The summed E-state index contributed by atoms with van der Waals surface area (Å²) in [4.78, 5) is 15.1. The quantitative estimate of drug-likeness (QED) is 0.589. The summed E-state index contributed by atoms with van der Waals surface area (Å²) in [7, 11) is 0. The fourth-order valence-electron chi connectivity index (χ4n) is 6.66. The molecule has 0 radical (unpaired) electrons. The van der Waals surface area contributed by atoms with Crippen LogP contribution in [-0.2, 0) is 20.8 Å². The summed E-state index contributed by atoms with van der Waals surface area (Å²) in [6.07, 6.45) is 5.69. The van der Waals surface area contributed by atoms with E-state index in [4.69, 9.17) is 9.47 Å². The van der Waals surface area contributed by atoms with Gasteiger partial charge in [-0.1, -0.05) is 37.3 Å². The van der Waals surface area contributed by atoms with Crippen LogP contribution in [0.5, 0.6) is 0 Å². The molecule has 2 aliphatic heterocycles. The molecule has 1 spiro atoms. The minimum Gasteiger partial charge on any atom is -0.462 e. The van der Waals surface area contributed by atoms with Crippen molar-refractivity contribution in [3.05, 3.63) is 35.9 Å². The van der Waals surface area contributed by atoms with Gasteiger partial charge in [0.05, 0.1) is 24.7 Å². The number of aliphatic hydroxyl groups is 1. The van der Waals surface area contributed by atoms with E-state index < -0.39 is 0 Å². The van der Waals surface area contributed by atoms with Crippen LogP contribution in [0.2, 0.25) is 0 Å². The molecule has 0 bridgehead atoms. The second-order valence-electron chi connectivity index (χ2n) is 10.0. The summed E-state index contributed by atoms with van der Waals surface area (Å²) in [5.74, 6) is 0.681. The molecule has 0 aromatic heterocycles. The first-order chi connectivity index (χ1) is 14.0. The molecule has 0 amide bonds. The van der Waals surface area contributed by atoms with E-state index in [1.165, 1.54) is 24.8 Å². The van der Waals surface area contributed by atoms with Gasteiger partial charge < -0.3 is 14.6 Å². The standard InChI is InChI=1S/C24H33NO4/c1-23-8-5-9-24(16-28-24)21(23)12-18-19(22(27)29-20(18)13-23)15-25(10-11-26)14-17-6-3-2-4-7-17/h2-4,6-7,18-21,26H,5,8-16H2,1H3/t18-,19+,20-,21+,23-,24+/m1/s1. The maximum absolute atomic E-state index is 12.9. The van der Waals surface area contributed by atoms with Gasteiger partial charge in [-0.25, -0.2) is 0 Å². The van der Waals surface area contributed by atoms with Gasteiger partial charge in [-0.15, -0.1) is 0 Å². The van der Waals surface area contributed by atoms with Crippen molar-refractivity contribution in [1.29, 1.82) is 0 Å². The van der Waals surface area contributed by atoms with Gasteiger partial charge >= 0.3 is 5.97 Å². The van der Waals surface area contributed by atoms with Gasteiger partial charge in [-0.3, -0.25) is 9.69 Å². The Morgan fingerprint density at radius 2 is 2.03 bits per heavy atom. The van der Waals surface area contributed by atoms with Gasteiger partial charge in [0, 0.05) is 25.6 Å². The van der Waals surface area contributed by atoms with E-state index in [1.54, 1.807) is 0 Å². The zero-order valence-corrected chi connectivity index (χ0v) is 17.4. The Balaban J connectivity index is 1.33. The molecule has 5 nitrogen and oxygen atoms in total. The number of ether oxygens (including phenoxy) is 2. The Bertz CT molecular complexity index is 749. The van der Waals surface area contributed by atoms with Crippen LogP contribution in [0, 0.1) is 23.2 Å². The van der Waals surface area contributed by atoms with Crippen molar-refractivity contribution < 1.29 is 19.4 Å². The van der Waals surface area contributed by atoms with Crippen LogP contribution >= 0.6 is 0 Å². The summed E-state index contributed by atoms with van der Waals surface area (Å²) < 4.78 is 12.0. The molecule has 2 saturated carbocycles. The molecular formula is C24H33NO4. The van der Waals surface area contributed by atoms with Gasteiger partial charge in [0.15, 0.2) is 0 Å². The number of esters is 1. The predicted molar refractivity (Wildman–Crippen MR) is 109 cm³/mol. The number of hydrogen-bond acceptors (Lipinski definition) is 5. The van der Waals surface area contributed by atoms with Gasteiger partial charge in [0.1, 0.15) is 6.10 Å². The lowest BCUT2D eigenvalue weighted by molar-refractivity contribution is -0.147. The van der Waals surface area contributed by atoms with Crippen molar-refractivity contribution in [2.24, 2.45) is 23.2 Å². The fraction of sp³-hybridized carbons (Fsp3) is 0.708. The van der Waals surface area contributed by atoms with Crippen LogP contribution in [0.15, 0.2) is 30.3 Å². The second kappa shape index (κ2) is 7.36. The van der Waals surface area contributed by atoms with E-state index >= 15 is 0 Å². The molecule has 29 heavy (non-hydrogen) atoms. The molecule has 1 N–H and O–H groups in total. The summed E-state index contributed by atoms with van der Waals surface area (Å²) in [6, 6.07) is 10.3. The topological polar surface area (TPSA) is 62.3 Å². The van der Waals surface area contributed by atoms with Crippen LogP contribution in [0.4, 0.5) is 0 Å². The van der Waals surface area contributed by atoms with Crippen molar-refractivity contribution >= 4 is 5.97 Å². The fourth-order valence-corrected chi connectivity index (χ4v) is 6.66. The summed E-state index contributed by atoms with van der Waals surface area (Å²) in [5, 5.41) is 9.58. The third-order valence-corrected chi connectivity index (χ3v) is 8.20. The van der Waals surface area contributed by atoms with Crippen molar-refractivity contribution in [2.45, 2.75) is 57.3 Å². The van der Waals surface area contributed by atoms with Gasteiger partial charge in [-0.05, 0) is 49.0 Å². The van der Waals surface area contributed by atoms with Crippen molar-refractivity contribution in [1.82, 2.24) is 4.90 Å². The van der Waals surface area contributed by atoms with Crippen molar-refractivity contribution in [3.63, 3.8) is 0 Å². The minimum atomic E-state index is -0.0995. The highest BCUT2D eigenvalue weighted by atomic mass is 16.6. The zero-order valence-electron chi connectivity index (χ0n) is 17.4. The van der Waals surface area contributed by atoms with E-state index in [2.05, 4.69) is 24.0 Å². The van der Waals surface area contributed by atoms with Crippen molar-refractivity contribution in [3.8, 4) is 0 Å². The van der Waals surface area contributed by atoms with Crippen LogP contribution in [0.1, 0.15) is 44.6 Å². The van der Waals surface area contributed by atoms with Gasteiger partial charge in [-0.2, -0.15) is 0 Å². The highest BCUT2D eigenvalue weighted by Gasteiger charge is 2.65. The minimum absolute atomic E-state index is 0.0380. The molecule has 6 atom stereocenters. The molecule has 4 fully saturated rings. The second-order valence-corrected chi connectivity index (χ2v) is 10.0. The number of epoxide rings is 1. The number of carbonyl (C=O) groups is 1. The van der Waals surface area contributed by atoms with Gasteiger partial charge in [0.2, 0.25) is 0 Å². The first-order valence-electron chi connectivity index (χ1n) is 11.2. The third kappa shape index (κ3) is 3.51. The average molecular weight is 400 g/mol. The first kappa shape index (κ1) is 19.5. The largest absolute Gasteiger partial charge is 0.462 e. The molecule has 1 aromatic carbocycles. The monoisotopic (exact) mass is 399 g/mol. The Hall–Kier alpha value is -1.43. The molecule has 5 rings (SSSR count). The molecule has 5 heteroatoms. The van der Waals surface area contributed by atoms with E-state index in [1.807, 2.05) is 18.2 Å². The number of fused-ring (bicyclic) bond motifs is 3. The normalized spacial score (nSPS) is 40.6. The van der Waals surface area contributed by atoms with Crippen LogP contribution in [0.25, 0.3) is 0 Å². The van der Waals surface area contributed by atoms with E-state index in [9.17, 15) is 9.90 Å². The molecule has 2 aliphatic carbocycles. The van der Waals surface area contributed by atoms with E-state index in [0.29, 0.717) is 19.0 Å². The molecule has 0 unspecified atom stereocenters. The first-order valence-corrected chi connectivity index (χ1v) is 11.2. The lowest BCUT2D eigenvalue weighted by Gasteiger charge is -2.51. The van der Waals surface area contributed by atoms with E-state index in [-0.39, 0.29) is 41.5 Å². The number of rotatable bonds is 6. The number of nitrogens with zero attached hydrogens (tertiary/aromatic N) is 1. The van der Waals surface area contributed by atoms with Crippen LogP contribution in [0.3, 0.4) is 0 Å². The molecule has 158 valence electrons. The Kier molecular flexibility index (Phi) is 4.96. The number of benzene rings is 1.